The monoisotopic (exact) mass is 318 g/mol. The lowest BCUT2D eigenvalue weighted by Gasteiger charge is -2.05. The number of nitrogens with zero attached hydrogens (tertiary/aromatic N) is 2. The van der Waals surface area contributed by atoms with Gasteiger partial charge in [0.25, 0.3) is 0 Å². The molecule has 0 aromatic carbocycles. The van der Waals surface area contributed by atoms with Gasteiger partial charge in [0, 0.05) is 25.7 Å². The van der Waals surface area contributed by atoms with E-state index in [-0.39, 0.29) is 23.8 Å². The minimum Gasteiger partial charge on any atom is -0.480 e. The number of aromatic nitrogens is 2. The molecule has 21 heavy (non-hydrogen) atoms. The van der Waals surface area contributed by atoms with Gasteiger partial charge in [0.15, 0.2) is 0 Å². The fourth-order valence-electron chi connectivity index (χ4n) is 1.44. The maximum Gasteiger partial charge on any atom is 0.325 e. The summed E-state index contributed by atoms with van der Waals surface area (Å²) in [6, 6.07) is 0. The summed E-state index contributed by atoms with van der Waals surface area (Å²) in [6.07, 6.45) is 3.01. The van der Waals surface area contributed by atoms with Gasteiger partial charge in [0.1, 0.15) is 11.4 Å². The van der Waals surface area contributed by atoms with Crippen LogP contribution in [0.15, 0.2) is 17.3 Å². The Morgan fingerprint density at radius 3 is 2.71 bits per heavy atom. The Morgan fingerprint density at radius 1 is 1.38 bits per heavy atom. The van der Waals surface area contributed by atoms with Crippen LogP contribution in [0.3, 0.4) is 0 Å². The van der Waals surface area contributed by atoms with Gasteiger partial charge in [-0.3, -0.25) is 14.3 Å². The minimum absolute atomic E-state index is 0.0303. The second-order valence-corrected chi connectivity index (χ2v) is 6.03. The predicted molar refractivity (Wildman–Crippen MR) is 73.0 cm³/mol. The van der Waals surface area contributed by atoms with Crippen LogP contribution in [0.4, 0.5) is 0 Å². The number of carbonyl (C=O) groups is 2. The van der Waals surface area contributed by atoms with Crippen molar-refractivity contribution in [3.63, 3.8) is 0 Å². The average Bonchev–Trinajstić information content (AvgIpc) is 2.84. The zero-order valence-electron chi connectivity index (χ0n) is 11.6. The molecule has 0 aliphatic carbocycles. The molecule has 1 amide bonds. The Bertz CT molecular complexity index is 596. The number of hydrogen-bond donors (Lipinski definition) is 3. The molecule has 0 fully saturated rings. The molecule has 0 aliphatic heterocycles. The lowest BCUT2D eigenvalue weighted by Crippen LogP contribution is -2.31. The highest BCUT2D eigenvalue weighted by atomic mass is 32.2. The van der Waals surface area contributed by atoms with Crippen LogP contribution in [0, 0.1) is 0 Å². The summed E-state index contributed by atoms with van der Waals surface area (Å²) in [5.74, 6) is -1.36. The molecule has 0 aliphatic rings. The lowest BCUT2D eigenvalue weighted by molar-refractivity contribution is -0.137. The van der Waals surface area contributed by atoms with Crippen molar-refractivity contribution < 1.29 is 23.1 Å². The Labute approximate surface area is 122 Å². The van der Waals surface area contributed by atoms with Crippen LogP contribution < -0.4 is 10.0 Å². The topological polar surface area (TPSA) is 130 Å². The number of carboxylic acids is 1. The summed E-state index contributed by atoms with van der Waals surface area (Å²) in [7, 11) is -3.80. The number of nitrogens with one attached hydrogen (secondary N) is 2. The summed E-state index contributed by atoms with van der Waals surface area (Å²) in [5, 5.41) is 14.9. The first kappa shape index (κ1) is 17.1. The first-order chi connectivity index (χ1) is 9.85. The number of rotatable bonds is 9. The molecule has 1 rings (SSSR count). The van der Waals surface area contributed by atoms with Crippen LogP contribution in [-0.2, 0) is 26.2 Å². The predicted octanol–water partition coefficient (Wildman–Crippen LogP) is -0.838. The number of sulfonamides is 1. The molecule has 0 bridgehead atoms. The van der Waals surface area contributed by atoms with Gasteiger partial charge >= 0.3 is 5.97 Å². The van der Waals surface area contributed by atoms with Gasteiger partial charge < -0.3 is 10.4 Å². The van der Waals surface area contributed by atoms with Crippen molar-refractivity contribution in [3.8, 4) is 0 Å². The van der Waals surface area contributed by atoms with Crippen molar-refractivity contribution in [2.75, 3.05) is 13.1 Å². The van der Waals surface area contributed by atoms with E-state index >= 15 is 0 Å². The number of amides is 1. The van der Waals surface area contributed by atoms with Crippen LogP contribution in [-0.4, -0.2) is 48.3 Å². The highest BCUT2D eigenvalue weighted by molar-refractivity contribution is 7.89. The molecule has 1 aromatic rings. The molecule has 0 atom stereocenters. The van der Waals surface area contributed by atoms with Crippen molar-refractivity contribution in [2.45, 2.75) is 31.2 Å². The fourth-order valence-corrected chi connectivity index (χ4v) is 2.43. The Hall–Kier alpha value is -1.94. The number of aliphatic carboxylic acids is 1. The summed E-state index contributed by atoms with van der Waals surface area (Å²) in [5.41, 5.74) is 0. The van der Waals surface area contributed by atoms with E-state index in [1.54, 1.807) is 0 Å². The standard InChI is InChI=1S/C11H18N4O5S/c1-2-4-12-10(16)3-5-14-21(19,20)9-6-13-15(7-9)8-11(17)18/h6-7,14H,2-5,8H2,1H3,(H,12,16)(H,17,18). The molecule has 0 radical (unpaired) electrons. The Kier molecular flexibility index (Phi) is 6.31. The van der Waals surface area contributed by atoms with E-state index in [0.29, 0.717) is 6.54 Å². The molecule has 3 N–H and O–H groups in total. The van der Waals surface area contributed by atoms with Gasteiger partial charge in [-0.15, -0.1) is 0 Å². The summed E-state index contributed by atoms with van der Waals surface area (Å²) >= 11 is 0. The van der Waals surface area contributed by atoms with Crippen LogP contribution in [0.25, 0.3) is 0 Å². The fraction of sp³-hybridized carbons (Fsp3) is 0.545. The zero-order chi connectivity index (χ0) is 15.9. The molecule has 10 heteroatoms. The molecule has 118 valence electrons. The maximum atomic E-state index is 11.9. The second kappa shape index (κ2) is 7.74. The van der Waals surface area contributed by atoms with Crippen molar-refractivity contribution in [1.82, 2.24) is 19.8 Å². The van der Waals surface area contributed by atoms with Crippen LogP contribution in [0.2, 0.25) is 0 Å². The third-order valence-electron chi connectivity index (χ3n) is 2.43. The van der Waals surface area contributed by atoms with Gasteiger partial charge in [-0.05, 0) is 6.42 Å². The largest absolute Gasteiger partial charge is 0.480 e. The van der Waals surface area contributed by atoms with Gasteiger partial charge in [0.2, 0.25) is 15.9 Å². The molecular weight excluding hydrogens is 300 g/mol. The lowest BCUT2D eigenvalue weighted by atomic mass is 10.4. The molecule has 0 unspecified atom stereocenters. The SMILES string of the molecule is CCCNC(=O)CCNS(=O)(=O)c1cnn(CC(=O)O)c1. The second-order valence-electron chi connectivity index (χ2n) is 4.27. The van der Waals surface area contributed by atoms with E-state index in [9.17, 15) is 18.0 Å². The van der Waals surface area contributed by atoms with Gasteiger partial charge in [-0.2, -0.15) is 5.10 Å². The van der Waals surface area contributed by atoms with E-state index in [1.807, 2.05) is 6.92 Å². The van der Waals surface area contributed by atoms with E-state index in [2.05, 4.69) is 15.1 Å². The number of carboxylic acid groups (broad SMARTS) is 1. The maximum absolute atomic E-state index is 11.9. The highest BCUT2D eigenvalue weighted by Gasteiger charge is 2.17. The van der Waals surface area contributed by atoms with E-state index in [4.69, 9.17) is 5.11 Å². The van der Waals surface area contributed by atoms with Gasteiger partial charge in [-0.1, -0.05) is 6.92 Å². The Balaban J connectivity index is 2.51. The van der Waals surface area contributed by atoms with Crippen molar-refractivity contribution >= 4 is 21.9 Å². The molecule has 1 aromatic heterocycles. The number of hydrogen-bond acceptors (Lipinski definition) is 5. The summed E-state index contributed by atoms with van der Waals surface area (Å²) in [4.78, 5) is 21.7. The molecular formula is C11H18N4O5S. The first-order valence-electron chi connectivity index (χ1n) is 6.35. The number of carbonyl (C=O) groups excluding carboxylic acids is 1. The third kappa shape index (κ3) is 5.92. The summed E-state index contributed by atoms with van der Waals surface area (Å²) < 4.78 is 27.0. The molecule has 1 heterocycles. The molecule has 0 spiro atoms. The van der Waals surface area contributed by atoms with Gasteiger partial charge in [-0.25, -0.2) is 13.1 Å². The minimum atomic E-state index is -3.80. The van der Waals surface area contributed by atoms with Gasteiger partial charge in [0.05, 0.1) is 6.20 Å². The quantitative estimate of drug-likeness (QED) is 0.544. The van der Waals surface area contributed by atoms with Crippen molar-refractivity contribution in [2.24, 2.45) is 0 Å². The Morgan fingerprint density at radius 2 is 2.10 bits per heavy atom. The van der Waals surface area contributed by atoms with Crippen molar-refractivity contribution in [1.29, 1.82) is 0 Å². The van der Waals surface area contributed by atoms with E-state index < -0.39 is 22.5 Å². The van der Waals surface area contributed by atoms with Crippen LogP contribution >= 0.6 is 0 Å². The van der Waals surface area contributed by atoms with Crippen LogP contribution in [0.1, 0.15) is 19.8 Å². The molecule has 0 saturated carbocycles. The van der Waals surface area contributed by atoms with Crippen molar-refractivity contribution in [3.05, 3.63) is 12.4 Å². The highest BCUT2D eigenvalue weighted by Crippen LogP contribution is 2.06. The average molecular weight is 318 g/mol. The smallest absolute Gasteiger partial charge is 0.325 e. The van der Waals surface area contributed by atoms with E-state index in [1.165, 1.54) is 0 Å². The zero-order valence-corrected chi connectivity index (χ0v) is 12.4. The first-order valence-corrected chi connectivity index (χ1v) is 7.84. The third-order valence-corrected chi connectivity index (χ3v) is 3.85. The molecule has 0 saturated heterocycles. The van der Waals surface area contributed by atoms with Crippen LogP contribution in [0.5, 0.6) is 0 Å². The normalized spacial score (nSPS) is 11.3. The molecule has 9 nitrogen and oxygen atoms in total. The van der Waals surface area contributed by atoms with E-state index in [0.717, 1.165) is 23.5 Å². The summed E-state index contributed by atoms with van der Waals surface area (Å²) in [6.45, 7) is 2.00.